The van der Waals surface area contributed by atoms with E-state index in [0.717, 1.165) is 18.8 Å². The minimum atomic E-state index is 0.517. The fourth-order valence-electron chi connectivity index (χ4n) is 2.24. The summed E-state index contributed by atoms with van der Waals surface area (Å²) in [5, 5.41) is 12.4. The van der Waals surface area contributed by atoms with Gasteiger partial charge in [-0.2, -0.15) is 5.26 Å². The van der Waals surface area contributed by atoms with Crippen LogP contribution < -0.4 is 11.1 Å². The van der Waals surface area contributed by atoms with Crippen LogP contribution in [0.4, 0.5) is 11.4 Å². The van der Waals surface area contributed by atoms with E-state index in [1.807, 2.05) is 12.1 Å². The third-order valence-electron chi connectivity index (χ3n) is 3.18. The topological polar surface area (TPSA) is 65.1 Å². The molecule has 4 nitrogen and oxygen atoms in total. The van der Waals surface area contributed by atoms with Crippen molar-refractivity contribution in [3.63, 3.8) is 0 Å². The third kappa shape index (κ3) is 4.46. The number of hydrogen-bond acceptors (Lipinski definition) is 4. The fourth-order valence-corrected chi connectivity index (χ4v) is 2.24. The quantitative estimate of drug-likeness (QED) is 0.772. The van der Waals surface area contributed by atoms with Crippen LogP contribution in [-0.2, 0) is 0 Å². The second kappa shape index (κ2) is 7.01. The third-order valence-corrected chi connectivity index (χ3v) is 3.18. The van der Waals surface area contributed by atoms with Gasteiger partial charge in [-0.1, -0.05) is 0 Å². The molecule has 0 radical (unpaired) electrons. The second-order valence-electron chi connectivity index (χ2n) is 5.27. The van der Waals surface area contributed by atoms with Gasteiger partial charge in [0.2, 0.25) is 0 Å². The molecule has 0 aliphatic rings. The zero-order chi connectivity index (χ0) is 14.4. The SMILES string of the molecule is CC(C)N(CCNc1ccc(N)cc1C#N)C(C)C. The monoisotopic (exact) mass is 260 g/mol. The van der Waals surface area contributed by atoms with Crippen LogP contribution in [0.3, 0.4) is 0 Å². The highest BCUT2D eigenvalue weighted by molar-refractivity contribution is 5.62. The molecule has 0 aliphatic carbocycles. The normalized spacial score (nSPS) is 11.1. The lowest BCUT2D eigenvalue weighted by Gasteiger charge is -2.30. The van der Waals surface area contributed by atoms with Gasteiger partial charge in [-0.3, -0.25) is 4.90 Å². The first-order valence-electron chi connectivity index (χ1n) is 6.75. The second-order valence-corrected chi connectivity index (χ2v) is 5.27. The van der Waals surface area contributed by atoms with Crippen LogP contribution in [-0.4, -0.2) is 30.1 Å². The number of nitrogens with one attached hydrogen (secondary N) is 1. The molecule has 0 saturated heterocycles. The van der Waals surface area contributed by atoms with Crippen LogP contribution in [0, 0.1) is 11.3 Å². The molecule has 19 heavy (non-hydrogen) atoms. The summed E-state index contributed by atoms with van der Waals surface area (Å²) in [6.45, 7) is 10.6. The Bertz CT molecular complexity index is 438. The first-order valence-corrected chi connectivity index (χ1v) is 6.75. The number of nitrogen functional groups attached to an aromatic ring is 1. The molecule has 0 unspecified atom stereocenters. The molecule has 104 valence electrons. The van der Waals surface area contributed by atoms with Gasteiger partial charge in [-0.15, -0.1) is 0 Å². The highest BCUT2D eigenvalue weighted by Gasteiger charge is 2.12. The number of nitriles is 1. The number of nitrogens with zero attached hydrogens (tertiary/aromatic N) is 2. The summed E-state index contributed by atoms with van der Waals surface area (Å²) in [7, 11) is 0. The number of rotatable bonds is 6. The van der Waals surface area contributed by atoms with E-state index < -0.39 is 0 Å². The number of anilines is 2. The van der Waals surface area contributed by atoms with Gasteiger partial charge in [0.05, 0.1) is 11.3 Å². The summed E-state index contributed by atoms with van der Waals surface area (Å²) in [5.74, 6) is 0. The number of hydrogen-bond donors (Lipinski definition) is 2. The van der Waals surface area contributed by atoms with Crippen molar-refractivity contribution in [1.29, 1.82) is 5.26 Å². The van der Waals surface area contributed by atoms with E-state index in [1.54, 1.807) is 6.07 Å². The van der Waals surface area contributed by atoms with Crippen molar-refractivity contribution in [2.75, 3.05) is 24.1 Å². The smallest absolute Gasteiger partial charge is 0.101 e. The molecule has 0 fully saturated rings. The number of nitrogens with two attached hydrogens (primary N) is 1. The van der Waals surface area contributed by atoms with Crippen molar-refractivity contribution in [2.45, 2.75) is 39.8 Å². The van der Waals surface area contributed by atoms with Gasteiger partial charge in [0.25, 0.3) is 0 Å². The summed E-state index contributed by atoms with van der Waals surface area (Å²) in [5.41, 5.74) is 7.74. The van der Waals surface area contributed by atoms with Gasteiger partial charge in [0.15, 0.2) is 0 Å². The van der Waals surface area contributed by atoms with Crippen LogP contribution >= 0.6 is 0 Å². The highest BCUT2D eigenvalue weighted by atomic mass is 15.2. The molecular formula is C15H24N4. The maximum atomic E-state index is 9.07. The zero-order valence-corrected chi connectivity index (χ0v) is 12.3. The molecule has 0 amide bonds. The van der Waals surface area contributed by atoms with Gasteiger partial charge < -0.3 is 11.1 Å². The maximum absolute atomic E-state index is 9.07. The first kappa shape index (κ1) is 15.3. The van der Waals surface area contributed by atoms with E-state index in [2.05, 4.69) is 44.0 Å². The Balaban J connectivity index is 2.60. The molecular weight excluding hydrogens is 236 g/mol. The van der Waals surface area contributed by atoms with Crippen molar-refractivity contribution in [2.24, 2.45) is 0 Å². The first-order chi connectivity index (χ1) is 8.95. The molecule has 0 spiro atoms. The van der Waals surface area contributed by atoms with Crippen LogP contribution in [0.15, 0.2) is 18.2 Å². The van der Waals surface area contributed by atoms with E-state index in [9.17, 15) is 0 Å². The summed E-state index contributed by atoms with van der Waals surface area (Å²) in [6.07, 6.45) is 0. The summed E-state index contributed by atoms with van der Waals surface area (Å²) in [4.78, 5) is 2.41. The Morgan fingerprint density at radius 1 is 1.26 bits per heavy atom. The molecule has 3 N–H and O–H groups in total. The lowest BCUT2D eigenvalue weighted by molar-refractivity contribution is 0.182. The lowest BCUT2D eigenvalue weighted by atomic mass is 10.1. The highest BCUT2D eigenvalue weighted by Crippen LogP contribution is 2.17. The number of benzene rings is 1. The lowest BCUT2D eigenvalue weighted by Crippen LogP contribution is -2.40. The summed E-state index contributed by atoms with van der Waals surface area (Å²) in [6, 6.07) is 8.57. The minimum Gasteiger partial charge on any atom is -0.399 e. The fraction of sp³-hybridized carbons (Fsp3) is 0.533. The molecule has 0 atom stereocenters. The van der Waals surface area contributed by atoms with Crippen molar-refractivity contribution < 1.29 is 0 Å². The van der Waals surface area contributed by atoms with Crippen molar-refractivity contribution in [3.8, 4) is 6.07 Å². The van der Waals surface area contributed by atoms with Crippen LogP contribution in [0.5, 0.6) is 0 Å². The Hall–Kier alpha value is -1.73. The average Bonchev–Trinajstić information content (AvgIpc) is 2.34. The van der Waals surface area contributed by atoms with E-state index in [4.69, 9.17) is 11.0 Å². The van der Waals surface area contributed by atoms with Crippen molar-refractivity contribution in [1.82, 2.24) is 4.90 Å². The molecule has 0 bridgehead atoms. The molecule has 1 aromatic rings. The summed E-state index contributed by atoms with van der Waals surface area (Å²) < 4.78 is 0. The van der Waals surface area contributed by atoms with Gasteiger partial charge in [0.1, 0.15) is 6.07 Å². The standard InChI is InChI=1S/C15H24N4/c1-11(2)19(12(3)4)8-7-18-15-6-5-14(17)9-13(15)10-16/h5-6,9,11-12,18H,7-8,17H2,1-4H3. The maximum Gasteiger partial charge on any atom is 0.101 e. The van der Waals surface area contributed by atoms with Gasteiger partial charge in [0, 0.05) is 30.9 Å². The van der Waals surface area contributed by atoms with Crippen molar-refractivity contribution in [3.05, 3.63) is 23.8 Å². The van der Waals surface area contributed by atoms with Gasteiger partial charge in [-0.05, 0) is 45.9 Å². The van der Waals surface area contributed by atoms with E-state index in [0.29, 0.717) is 23.3 Å². The molecule has 0 heterocycles. The Kier molecular flexibility index (Phi) is 5.65. The predicted molar refractivity (Wildman–Crippen MR) is 81.0 cm³/mol. The van der Waals surface area contributed by atoms with Gasteiger partial charge >= 0.3 is 0 Å². The van der Waals surface area contributed by atoms with E-state index in [-0.39, 0.29) is 0 Å². The zero-order valence-electron chi connectivity index (χ0n) is 12.3. The minimum absolute atomic E-state index is 0.517. The predicted octanol–water partition coefficient (Wildman–Crippen LogP) is 2.67. The molecule has 0 aliphatic heterocycles. The van der Waals surface area contributed by atoms with Crippen LogP contribution in [0.25, 0.3) is 0 Å². The molecule has 0 saturated carbocycles. The van der Waals surface area contributed by atoms with Crippen LogP contribution in [0.1, 0.15) is 33.3 Å². The van der Waals surface area contributed by atoms with Crippen molar-refractivity contribution >= 4 is 11.4 Å². The average molecular weight is 260 g/mol. The largest absolute Gasteiger partial charge is 0.399 e. The molecule has 4 heteroatoms. The molecule has 1 rings (SSSR count). The Morgan fingerprint density at radius 2 is 1.89 bits per heavy atom. The van der Waals surface area contributed by atoms with E-state index in [1.165, 1.54) is 0 Å². The summed E-state index contributed by atoms with van der Waals surface area (Å²) >= 11 is 0. The van der Waals surface area contributed by atoms with E-state index >= 15 is 0 Å². The molecule has 0 aromatic heterocycles. The molecule has 1 aromatic carbocycles. The Labute approximate surface area is 116 Å². The Morgan fingerprint density at radius 3 is 2.42 bits per heavy atom. The van der Waals surface area contributed by atoms with Gasteiger partial charge in [-0.25, -0.2) is 0 Å². The van der Waals surface area contributed by atoms with Crippen LogP contribution in [0.2, 0.25) is 0 Å².